The molecule has 1 saturated heterocycles. The minimum Gasteiger partial charge on any atom is -0.352 e. The molecule has 7 heteroatoms. The van der Waals surface area contributed by atoms with Crippen molar-refractivity contribution < 1.29 is 8.42 Å². The van der Waals surface area contributed by atoms with Crippen molar-refractivity contribution in [3.8, 4) is 0 Å². The Labute approximate surface area is 154 Å². The predicted molar refractivity (Wildman–Crippen MR) is 102 cm³/mol. The molecule has 0 N–H and O–H groups in total. The number of hydrogen-bond donors (Lipinski definition) is 0. The van der Waals surface area contributed by atoms with E-state index in [4.69, 9.17) is 0 Å². The normalized spacial score (nSPS) is 18.9. The molecule has 0 spiro atoms. The fourth-order valence-corrected chi connectivity index (χ4v) is 4.90. The Morgan fingerprint density at radius 3 is 2.42 bits per heavy atom. The number of sulfonamides is 1. The van der Waals surface area contributed by atoms with Gasteiger partial charge in [0.2, 0.25) is 10.0 Å². The second kappa shape index (κ2) is 6.96. The van der Waals surface area contributed by atoms with E-state index in [1.807, 2.05) is 37.3 Å². The number of piperazine rings is 1. The Bertz CT molecular complexity index is 871. The van der Waals surface area contributed by atoms with Gasteiger partial charge in [0, 0.05) is 32.1 Å². The van der Waals surface area contributed by atoms with E-state index in [-0.39, 0.29) is 5.75 Å². The number of nitrogens with zero attached hydrogens (tertiary/aromatic N) is 4. The molecule has 0 radical (unpaired) electrons. The summed E-state index contributed by atoms with van der Waals surface area (Å²) in [4.78, 5) is 2.11. The molecule has 0 unspecified atom stereocenters. The first-order valence-electron chi connectivity index (χ1n) is 9.13. The monoisotopic (exact) mass is 372 g/mol. The van der Waals surface area contributed by atoms with Crippen LogP contribution in [0.25, 0.3) is 0 Å². The summed E-state index contributed by atoms with van der Waals surface area (Å²) in [7, 11) is -3.30. The van der Waals surface area contributed by atoms with Crippen LogP contribution < -0.4 is 4.90 Å². The Morgan fingerprint density at radius 2 is 1.81 bits per heavy atom. The number of rotatable bonds is 5. The smallest absolute Gasteiger partial charge is 0.218 e. The Balaban J connectivity index is 1.37. The van der Waals surface area contributed by atoms with Crippen molar-refractivity contribution >= 4 is 15.8 Å². The SMILES string of the molecule is Cc1cccc(CS(=O)(=O)N2CCN(c3ccc(C4CC4)nn3)CC2)c1. The van der Waals surface area contributed by atoms with Gasteiger partial charge in [0.05, 0.1) is 11.4 Å². The van der Waals surface area contributed by atoms with E-state index in [0.717, 1.165) is 22.6 Å². The number of aryl methyl sites for hydroxylation is 1. The van der Waals surface area contributed by atoms with E-state index in [0.29, 0.717) is 32.1 Å². The highest BCUT2D eigenvalue weighted by Crippen LogP contribution is 2.38. The largest absolute Gasteiger partial charge is 0.352 e. The maximum atomic E-state index is 12.7. The molecular formula is C19H24N4O2S. The van der Waals surface area contributed by atoms with Crippen LogP contribution in [0.3, 0.4) is 0 Å². The van der Waals surface area contributed by atoms with Crippen LogP contribution >= 0.6 is 0 Å². The van der Waals surface area contributed by atoms with Crippen LogP contribution in [-0.2, 0) is 15.8 Å². The molecule has 1 aromatic heterocycles. The summed E-state index contributed by atoms with van der Waals surface area (Å²) < 4.78 is 27.0. The lowest BCUT2D eigenvalue weighted by atomic mass is 10.2. The van der Waals surface area contributed by atoms with E-state index in [1.165, 1.54) is 12.8 Å². The zero-order valence-corrected chi connectivity index (χ0v) is 15.8. The summed E-state index contributed by atoms with van der Waals surface area (Å²) in [6, 6.07) is 11.8. The summed E-state index contributed by atoms with van der Waals surface area (Å²) >= 11 is 0. The highest BCUT2D eigenvalue weighted by atomic mass is 32.2. The molecule has 6 nitrogen and oxygen atoms in total. The molecule has 1 aliphatic carbocycles. The van der Waals surface area contributed by atoms with Gasteiger partial charge in [-0.25, -0.2) is 8.42 Å². The van der Waals surface area contributed by atoms with Crippen LogP contribution in [0.15, 0.2) is 36.4 Å². The van der Waals surface area contributed by atoms with Gasteiger partial charge in [-0.3, -0.25) is 0 Å². The molecule has 1 aromatic carbocycles. The first-order chi connectivity index (χ1) is 12.5. The molecule has 1 saturated carbocycles. The van der Waals surface area contributed by atoms with Crippen molar-refractivity contribution in [2.45, 2.75) is 31.4 Å². The van der Waals surface area contributed by atoms with Gasteiger partial charge in [0.15, 0.2) is 5.82 Å². The topological polar surface area (TPSA) is 66.4 Å². The molecule has 138 valence electrons. The van der Waals surface area contributed by atoms with Gasteiger partial charge in [-0.1, -0.05) is 29.8 Å². The summed E-state index contributed by atoms with van der Waals surface area (Å²) in [5.41, 5.74) is 3.00. The molecule has 2 aliphatic rings. The Morgan fingerprint density at radius 1 is 1.04 bits per heavy atom. The van der Waals surface area contributed by atoms with E-state index >= 15 is 0 Å². The second-order valence-electron chi connectivity index (χ2n) is 7.22. The maximum Gasteiger partial charge on any atom is 0.218 e. The van der Waals surface area contributed by atoms with Crippen LogP contribution in [0.1, 0.15) is 35.6 Å². The standard InChI is InChI=1S/C19H24N4O2S/c1-15-3-2-4-16(13-15)14-26(24,25)23-11-9-22(10-12-23)19-8-7-18(20-21-19)17-5-6-17/h2-4,7-8,13,17H,5-6,9-12,14H2,1H3. The maximum absolute atomic E-state index is 12.7. The Hall–Kier alpha value is -1.99. The Kier molecular flexibility index (Phi) is 4.67. The van der Waals surface area contributed by atoms with E-state index < -0.39 is 10.0 Å². The van der Waals surface area contributed by atoms with Crippen molar-refractivity contribution in [3.63, 3.8) is 0 Å². The highest BCUT2D eigenvalue weighted by molar-refractivity contribution is 7.88. The van der Waals surface area contributed by atoms with Crippen LogP contribution in [-0.4, -0.2) is 49.1 Å². The van der Waals surface area contributed by atoms with Crippen molar-refractivity contribution in [2.75, 3.05) is 31.1 Å². The highest BCUT2D eigenvalue weighted by Gasteiger charge is 2.29. The van der Waals surface area contributed by atoms with Gasteiger partial charge in [-0.05, 0) is 37.5 Å². The third kappa shape index (κ3) is 3.88. The molecule has 2 fully saturated rings. The van der Waals surface area contributed by atoms with Gasteiger partial charge in [0.25, 0.3) is 0 Å². The number of benzene rings is 1. The van der Waals surface area contributed by atoms with Crippen molar-refractivity contribution in [3.05, 3.63) is 53.2 Å². The lowest BCUT2D eigenvalue weighted by molar-refractivity contribution is 0.383. The summed E-state index contributed by atoms with van der Waals surface area (Å²) in [6.45, 7) is 4.24. The molecule has 26 heavy (non-hydrogen) atoms. The molecule has 2 aromatic rings. The minimum atomic E-state index is -3.30. The van der Waals surface area contributed by atoms with Crippen LogP contribution in [0.4, 0.5) is 5.82 Å². The van der Waals surface area contributed by atoms with Gasteiger partial charge in [-0.2, -0.15) is 9.40 Å². The summed E-state index contributed by atoms with van der Waals surface area (Å²) in [6.07, 6.45) is 2.43. The zero-order valence-electron chi connectivity index (χ0n) is 15.0. The van der Waals surface area contributed by atoms with Crippen molar-refractivity contribution in [1.29, 1.82) is 0 Å². The summed E-state index contributed by atoms with van der Waals surface area (Å²) in [5, 5.41) is 8.66. The van der Waals surface area contributed by atoms with Gasteiger partial charge >= 0.3 is 0 Å². The first kappa shape index (κ1) is 17.4. The third-order valence-corrected chi connectivity index (χ3v) is 6.90. The molecule has 0 atom stereocenters. The zero-order chi connectivity index (χ0) is 18.1. The summed E-state index contributed by atoms with van der Waals surface area (Å²) in [5.74, 6) is 1.50. The van der Waals surface area contributed by atoms with Gasteiger partial charge < -0.3 is 4.90 Å². The van der Waals surface area contributed by atoms with Crippen LogP contribution in [0.2, 0.25) is 0 Å². The fourth-order valence-electron chi connectivity index (χ4n) is 3.40. The second-order valence-corrected chi connectivity index (χ2v) is 9.19. The quantitative estimate of drug-likeness (QED) is 0.806. The van der Waals surface area contributed by atoms with Crippen molar-refractivity contribution in [1.82, 2.24) is 14.5 Å². The molecular weight excluding hydrogens is 348 g/mol. The number of anilines is 1. The van der Waals surface area contributed by atoms with Gasteiger partial charge in [-0.15, -0.1) is 5.10 Å². The lowest BCUT2D eigenvalue weighted by Crippen LogP contribution is -2.49. The van der Waals surface area contributed by atoms with E-state index in [2.05, 4.69) is 21.2 Å². The molecule has 1 aliphatic heterocycles. The molecule has 2 heterocycles. The molecule has 0 bridgehead atoms. The van der Waals surface area contributed by atoms with E-state index in [9.17, 15) is 8.42 Å². The van der Waals surface area contributed by atoms with Gasteiger partial charge in [0.1, 0.15) is 0 Å². The lowest BCUT2D eigenvalue weighted by Gasteiger charge is -2.34. The number of aromatic nitrogens is 2. The van der Waals surface area contributed by atoms with Crippen LogP contribution in [0.5, 0.6) is 0 Å². The molecule has 0 amide bonds. The fraction of sp³-hybridized carbons (Fsp3) is 0.474. The average Bonchev–Trinajstić information content (AvgIpc) is 3.47. The van der Waals surface area contributed by atoms with Crippen molar-refractivity contribution in [2.24, 2.45) is 0 Å². The van der Waals surface area contributed by atoms with Crippen LogP contribution in [0, 0.1) is 6.92 Å². The predicted octanol–water partition coefficient (Wildman–Crippen LogP) is 2.31. The average molecular weight is 372 g/mol. The first-order valence-corrected chi connectivity index (χ1v) is 10.7. The van der Waals surface area contributed by atoms with E-state index in [1.54, 1.807) is 4.31 Å². The number of hydrogen-bond acceptors (Lipinski definition) is 5. The minimum absolute atomic E-state index is 0.0601. The third-order valence-electron chi connectivity index (χ3n) is 5.05. The molecule has 4 rings (SSSR count).